The summed E-state index contributed by atoms with van der Waals surface area (Å²) in [4.78, 5) is 24.4. The molecule has 0 heterocycles. The Balaban J connectivity index is 2.07. The van der Waals surface area contributed by atoms with Crippen LogP contribution in [0.3, 0.4) is 0 Å². The first-order chi connectivity index (χ1) is 10.2. The number of esters is 1. The predicted molar refractivity (Wildman–Crippen MR) is 85.8 cm³/mol. The van der Waals surface area contributed by atoms with Crippen molar-refractivity contribution in [3.63, 3.8) is 0 Å². The number of carbonyl (C=O) groups is 2. The minimum Gasteiger partial charge on any atom is -0.457 e. The fraction of sp³-hybridized carbons (Fsp3) is 0.579. The van der Waals surface area contributed by atoms with Crippen LogP contribution in [0.2, 0.25) is 0 Å². The van der Waals surface area contributed by atoms with Gasteiger partial charge in [-0.25, -0.2) is 0 Å². The lowest BCUT2D eigenvalue weighted by atomic mass is 10.1. The van der Waals surface area contributed by atoms with Gasteiger partial charge < -0.3 is 4.74 Å². The first-order valence-electron chi connectivity index (χ1n) is 7.72. The summed E-state index contributed by atoms with van der Waals surface area (Å²) in [5, 5.41) is 0. The lowest BCUT2D eigenvalue weighted by molar-refractivity contribution is -0.150. The molecule has 0 spiro atoms. The van der Waals surface area contributed by atoms with E-state index in [-0.39, 0.29) is 35.4 Å². The second kappa shape index (κ2) is 5.76. The summed E-state index contributed by atoms with van der Waals surface area (Å²) in [6, 6.07) is 0. The third kappa shape index (κ3) is 2.88. The molecule has 3 atom stereocenters. The molecule has 0 radical (unpaired) electrons. The maximum atomic E-state index is 12.5. The Morgan fingerprint density at radius 2 is 2.09 bits per heavy atom. The molecule has 118 valence electrons. The van der Waals surface area contributed by atoms with Crippen molar-refractivity contribution in [2.75, 3.05) is 0 Å². The van der Waals surface area contributed by atoms with Gasteiger partial charge in [0.05, 0.1) is 12.3 Å². The summed E-state index contributed by atoms with van der Waals surface area (Å²) in [6.45, 7) is 10.1. The number of ketones is 1. The summed E-state index contributed by atoms with van der Waals surface area (Å²) in [6.07, 6.45) is 7.53. The van der Waals surface area contributed by atoms with Crippen LogP contribution in [-0.2, 0) is 14.3 Å². The summed E-state index contributed by atoms with van der Waals surface area (Å²) in [5.41, 5.74) is 2.58. The molecule has 3 heteroatoms. The Hall–Kier alpha value is -1.82. The predicted octanol–water partition coefficient (Wildman–Crippen LogP) is 3.45. The molecule has 22 heavy (non-hydrogen) atoms. The highest BCUT2D eigenvalue weighted by atomic mass is 16.5. The highest BCUT2D eigenvalue weighted by Crippen LogP contribution is 2.60. The number of terminal acetylenes is 1. The summed E-state index contributed by atoms with van der Waals surface area (Å²) >= 11 is 0. The number of ether oxygens (including phenoxy) is 1. The minimum atomic E-state index is -0.438. The molecule has 0 aromatic carbocycles. The maximum absolute atomic E-state index is 12.5. The van der Waals surface area contributed by atoms with Crippen LogP contribution in [0.15, 0.2) is 22.8 Å². The number of carbonyl (C=O) groups excluding carboxylic acids is 2. The van der Waals surface area contributed by atoms with Gasteiger partial charge in [-0.15, -0.1) is 12.3 Å². The lowest BCUT2D eigenvalue weighted by Gasteiger charge is -2.13. The van der Waals surface area contributed by atoms with Gasteiger partial charge in [0.15, 0.2) is 5.78 Å². The van der Waals surface area contributed by atoms with Crippen LogP contribution in [0.4, 0.5) is 0 Å². The quantitative estimate of drug-likeness (QED) is 0.454. The number of Topliss-reactive ketones (excluding diaryl/α,β-unsaturated/α-hetero) is 1. The van der Waals surface area contributed by atoms with Crippen LogP contribution in [0.5, 0.6) is 0 Å². The van der Waals surface area contributed by atoms with E-state index in [1.165, 1.54) is 5.57 Å². The van der Waals surface area contributed by atoms with Crippen molar-refractivity contribution in [3.8, 4) is 12.3 Å². The number of hydrogen-bond donors (Lipinski definition) is 0. The smallest absolute Gasteiger partial charge is 0.310 e. The summed E-state index contributed by atoms with van der Waals surface area (Å²) in [5.74, 6) is 2.39. The third-order valence-electron chi connectivity index (χ3n) is 4.88. The maximum Gasteiger partial charge on any atom is 0.310 e. The number of hydrogen-bond acceptors (Lipinski definition) is 3. The average molecular weight is 300 g/mol. The Morgan fingerprint density at radius 3 is 2.64 bits per heavy atom. The molecule has 1 saturated carbocycles. The molecule has 1 fully saturated rings. The monoisotopic (exact) mass is 300 g/mol. The fourth-order valence-electron chi connectivity index (χ4n) is 3.34. The van der Waals surface area contributed by atoms with Gasteiger partial charge >= 0.3 is 5.97 Å². The van der Waals surface area contributed by atoms with E-state index in [9.17, 15) is 9.59 Å². The van der Waals surface area contributed by atoms with Crippen LogP contribution in [0.25, 0.3) is 0 Å². The molecular weight excluding hydrogens is 276 g/mol. The van der Waals surface area contributed by atoms with Crippen LogP contribution in [0.1, 0.15) is 47.5 Å². The molecule has 0 amide bonds. The molecule has 0 saturated heterocycles. The van der Waals surface area contributed by atoms with Gasteiger partial charge in [0.1, 0.15) is 6.10 Å². The molecule has 0 unspecified atom stereocenters. The van der Waals surface area contributed by atoms with Crippen molar-refractivity contribution in [2.45, 2.75) is 53.6 Å². The molecule has 0 aromatic rings. The van der Waals surface area contributed by atoms with E-state index in [0.29, 0.717) is 12.0 Å². The normalized spacial score (nSPS) is 29.1. The molecule has 0 aliphatic heterocycles. The van der Waals surface area contributed by atoms with E-state index in [2.05, 4.69) is 25.8 Å². The Kier molecular flexibility index (Phi) is 4.33. The SMILES string of the molecule is C#CCC1=C(C)[C@@H](OC(=O)[C@@H]2[C@H](C=C(C)C)C2(C)C)CC1=O. The van der Waals surface area contributed by atoms with Gasteiger partial charge in [0.2, 0.25) is 0 Å². The van der Waals surface area contributed by atoms with Crippen molar-refractivity contribution in [3.05, 3.63) is 22.8 Å². The molecule has 0 aromatic heterocycles. The van der Waals surface area contributed by atoms with Gasteiger partial charge in [-0.1, -0.05) is 25.5 Å². The van der Waals surface area contributed by atoms with E-state index in [1.54, 1.807) is 0 Å². The summed E-state index contributed by atoms with van der Waals surface area (Å²) in [7, 11) is 0. The molecule has 2 aliphatic carbocycles. The van der Waals surface area contributed by atoms with E-state index in [0.717, 1.165) is 5.57 Å². The minimum absolute atomic E-state index is 0.00385. The first kappa shape index (κ1) is 16.5. The Labute approximate surface area is 132 Å². The molecule has 2 rings (SSSR count). The largest absolute Gasteiger partial charge is 0.457 e. The van der Waals surface area contributed by atoms with E-state index < -0.39 is 6.10 Å². The van der Waals surface area contributed by atoms with Crippen LogP contribution < -0.4 is 0 Å². The molecule has 0 bridgehead atoms. The van der Waals surface area contributed by atoms with E-state index in [1.807, 2.05) is 20.8 Å². The van der Waals surface area contributed by atoms with Crippen molar-refractivity contribution >= 4 is 11.8 Å². The van der Waals surface area contributed by atoms with Gasteiger partial charge in [-0.05, 0) is 37.7 Å². The van der Waals surface area contributed by atoms with Gasteiger partial charge in [0.25, 0.3) is 0 Å². The van der Waals surface area contributed by atoms with Crippen molar-refractivity contribution in [2.24, 2.45) is 17.3 Å². The molecule has 2 aliphatic rings. The lowest BCUT2D eigenvalue weighted by Crippen LogP contribution is -2.20. The van der Waals surface area contributed by atoms with E-state index in [4.69, 9.17) is 11.2 Å². The second-order valence-corrected chi connectivity index (χ2v) is 7.16. The first-order valence-corrected chi connectivity index (χ1v) is 7.72. The third-order valence-corrected chi connectivity index (χ3v) is 4.88. The number of allylic oxidation sites excluding steroid dienone is 3. The van der Waals surface area contributed by atoms with Crippen molar-refractivity contribution in [1.82, 2.24) is 0 Å². The van der Waals surface area contributed by atoms with Crippen LogP contribution in [0, 0.1) is 29.6 Å². The average Bonchev–Trinajstić information content (AvgIpc) is 2.83. The zero-order chi connectivity index (χ0) is 16.7. The summed E-state index contributed by atoms with van der Waals surface area (Å²) < 4.78 is 5.63. The van der Waals surface area contributed by atoms with Gasteiger partial charge in [-0.3, -0.25) is 9.59 Å². The van der Waals surface area contributed by atoms with Crippen molar-refractivity contribution in [1.29, 1.82) is 0 Å². The fourth-order valence-corrected chi connectivity index (χ4v) is 3.34. The highest BCUT2D eigenvalue weighted by molar-refractivity contribution is 6.00. The Bertz CT molecular complexity index is 609. The zero-order valence-electron chi connectivity index (χ0n) is 14.0. The number of rotatable bonds is 4. The van der Waals surface area contributed by atoms with Gasteiger partial charge in [-0.2, -0.15) is 0 Å². The topological polar surface area (TPSA) is 43.4 Å². The standard InChI is InChI=1S/C19H24O3/c1-7-8-13-12(4)16(10-15(13)20)22-18(21)17-14(9-11(2)3)19(17,5)6/h1,9,14,16-17H,8,10H2,2-6H3/t14-,16-,17-/m0/s1. The molecule has 3 nitrogen and oxygen atoms in total. The van der Waals surface area contributed by atoms with E-state index >= 15 is 0 Å². The van der Waals surface area contributed by atoms with Crippen LogP contribution in [-0.4, -0.2) is 17.9 Å². The van der Waals surface area contributed by atoms with Crippen molar-refractivity contribution < 1.29 is 14.3 Å². The molecular formula is C19H24O3. The van der Waals surface area contributed by atoms with Gasteiger partial charge in [0, 0.05) is 12.0 Å². The zero-order valence-corrected chi connectivity index (χ0v) is 14.0. The highest BCUT2D eigenvalue weighted by Gasteiger charge is 2.61. The molecule has 0 N–H and O–H groups in total. The van der Waals surface area contributed by atoms with Crippen LogP contribution >= 0.6 is 0 Å². The second-order valence-electron chi connectivity index (χ2n) is 7.16. The Morgan fingerprint density at radius 1 is 1.45 bits per heavy atom.